The highest BCUT2D eigenvalue weighted by Gasteiger charge is 2.50. The largest absolute Gasteiger partial charge is 0.333 e. The summed E-state index contributed by atoms with van der Waals surface area (Å²) < 4.78 is 24.1. The van der Waals surface area contributed by atoms with Gasteiger partial charge >= 0.3 is 0 Å². The first kappa shape index (κ1) is 11.7. The fourth-order valence-corrected chi connectivity index (χ4v) is 5.92. The number of hydrogen-bond acceptors (Lipinski definition) is 4. The van der Waals surface area contributed by atoms with Gasteiger partial charge in [-0.05, 0) is 28.4 Å². The summed E-state index contributed by atoms with van der Waals surface area (Å²) in [5, 5.41) is 1.53. The Kier molecular flexibility index (Phi) is 2.61. The van der Waals surface area contributed by atoms with E-state index in [1.165, 1.54) is 11.3 Å². The Bertz CT molecular complexity index is 580. The van der Waals surface area contributed by atoms with Gasteiger partial charge in [-0.15, -0.1) is 11.3 Å². The first-order chi connectivity index (χ1) is 7.97. The molecule has 2 saturated heterocycles. The minimum Gasteiger partial charge on any atom is -0.333 e. The Hall–Kier alpha value is -0.400. The summed E-state index contributed by atoms with van der Waals surface area (Å²) in [5.74, 6) is 0.0961. The molecule has 2 unspecified atom stereocenters. The van der Waals surface area contributed by atoms with Crippen molar-refractivity contribution in [3.05, 3.63) is 20.8 Å². The second kappa shape index (κ2) is 3.80. The summed E-state index contributed by atoms with van der Waals surface area (Å²) in [6.45, 7) is 0.362. The summed E-state index contributed by atoms with van der Waals surface area (Å²) in [7, 11) is -2.93. The SMILES string of the molecule is O=C(c1cc(Br)cs1)N1CC2CC1CS2(=O)=O. The van der Waals surface area contributed by atoms with Gasteiger partial charge in [-0.2, -0.15) is 0 Å². The normalized spacial score (nSPS) is 29.8. The van der Waals surface area contributed by atoms with Crippen LogP contribution in [0.1, 0.15) is 16.1 Å². The predicted molar refractivity (Wildman–Crippen MR) is 69.0 cm³/mol. The van der Waals surface area contributed by atoms with Crippen molar-refractivity contribution in [2.24, 2.45) is 0 Å². The zero-order valence-electron chi connectivity index (χ0n) is 8.80. The van der Waals surface area contributed by atoms with Crippen molar-refractivity contribution in [2.45, 2.75) is 17.7 Å². The Labute approximate surface area is 112 Å². The topological polar surface area (TPSA) is 54.5 Å². The first-order valence-electron chi connectivity index (χ1n) is 5.24. The fraction of sp³-hybridized carbons (Fsp3) is 0.500. The lowest BCUT2D eigenvalue weighted by atomic mass is 10.2. The summed E-state index contributed by atoms with van der Waals surface area (Å²) >= 11 is 4.70. The van der Waals surface area contributed by atoms with Crippen molar-refractivity contribution in [3.63, 3.8) is 0 Å². The minimum absolute atomic E-state index is 0.0388. The molecule has 4 nitrogen and oxygen atoms in total. The standard InChI is InChI=1S/C10H10BrNO3S2/c11-6-1-9(16-4-6)10(13)12-3-8-2-7(12)5-17(8,14)15/h1,4,7-8H,2-3,5H2. The molecule has 0 saturated carbocycles. The number of carbonyl (C=O) groups is 1. The lowest BCUT2D eigenvalue weighted by Crippen LogP contribution is -2.43. The van der Waals surface area contributed by atoms with Crippen molar-refractivity contribution in [1.82, 2.24) is 4.90 Å². The lowest BCUT2D eigenvalue weighted by Gasteiger charge is -2.26. The molecule has 2 aliphatic heterocycles. The van der Waals surface area contributed by atoms with E-state index in [0.717, 1.165) is 4.47 Å². The van der Waals surface area contributed by atoms with Gasteiger partial charge in [0.05, 0.1) is 15.9 Å². The molecule has 0 radical (unpaired) electrons. The highest BCUT2D eigenvalue weighted by atomic mass is 79.9. The number of likely N-dealkylation sites (tertiary alicyclic amines) is 1. The smallest absolute Gasteiger partial charge is 0.264 e. The minimum atomic E-state index is -2.93. The zero-order valence-corrected chi connectivity index (χ0v) is 12.0. The maximum atomic E-state index is 12.2. The Morgan fingerprint density at radius 3 is 2.76 bits per heavy atom. The van der Waals surface area contributed by atoms with Crippen molar-refractivity contribution in [3.8, 4) is 0 Å². The van der Waals surface area contributed by atoms with Gasteiger partial charge < -0.3 is 4.90 Å². The molecule has 0 spiro atoms. The summed E-state index contributed by atoms with van der Waals surface area (Å²) in [5.41, 5.74) is 0. The van der Waals surface area contributed by atoms with Crippen LogP contribution in [0.5, 0.6) is 0 Å². The zero-order chi connectivity index (χ0) is 12.2. The van der Waals surface area contributed by atoms with Crippen LogP contribution >= 0.6 is 27.3 Å². The van der Waals surface area contributed by atoms with Crippen LogP contribution in [0, 0.1) is 0 Å². The summed E-state index contributed by atoms with van der Waals surface area (Å²) in [6.07, 6.45) is 0.612. The van der Waals surface area contributed by atoms with Crippen molar-refractivity contribution >= 4 is 43.0 Å². The second-order valence-corrected chi connectivity index (χ2v) is 8.58. The number of sulfone groups is 1. The van der Waals surface area contributed by atoms with E-state index in [0.29, 0.717) is 17.8 Å². The molecule has 2 aliphatic rings. The highest BCUT2D eigenvalue weighted by Crippen LogP contribution is 2.34. The van der Waals surface area contributed by atoms with Crippen LogP contribution in [-0.2, 0) is 9.84 Å². The van der Waals surface area contributed by atoms with E-state index in [1.54, 1.807) is 11.0 Å². The molecule has 3 rings (SSSR count). The molecule has 3 heterocycles. The summed E-state index contributed by atoms with van der Waals surface area (Å²) in [6, 6.07) is 1.67. The van der Waals surface area contributed by atoms with Gasteiger partial charge in [0.15, 0.2) is 9.84 Å². The van der Waals surface area contributed by atoms with Crippen LogP contribution in [0.15, 0.2) is 15.9 Å². The average molecular weight is 336 g/mol. The molecule has 0 N–H and O–H groups in total. The average Bonchev–Trinajstić information content (AvgIpc) is 2.89. The van der Waals surface area contributed by atoms with Crippen LogP contribution in [0.4, 0.5) is 0 Å². The van der Waals surface area contributed by atoms with Crippen LogP contribution in [0.25, 0.3) is 0 Å². The van der Waals surface area contributed by atoms with Crippen LogP contribution in [-0.4, -0.2) is 42.8 Å². The first-order valence-corrected chi connectivity index (χ1v) is 8.63. The quantitative estimate of drug-likeness (QED) is 0.781. The number of hydrogen-bond donors (Lipinski definition) is 0. The van der Waals surface area contributed by atoms with E-state index in [4.69, 9.17) is 0 Å². The third-order valence-electron chi connectivity index (χ3n) is 3.35. The van der Waals surface area contributed by atoms with Gasteiger partial charge in [-0.3, -0.25) is 4.79 Å². The van der Waals surface area contributed by atoms with E-state index in [2.05, 4.69) is 15.9 Å². The third kappa shape index (κ3) is 1.84. The molecule has 1 amide bonds. The number of carbonyl (C=O) groups excluding carboxylic acids is 1. The number of nitrogens with zero attached hydrogens (tertiary/aromatic N) is 1. The molecule has 17 heavy (non-hydrogen) atoms. The van der Waals surface area contributed by atoms with E-state index < -0.39 is 9.84 Å². The van der Waals surface area contributed by atoms with E-state index in [-0.39, 0.29) is 23.0 Å². The molecule has 0 aromatic carbocycles. The monoisotopic (exact) mass is 335 g/mol. The van der Waals surface area contributed by atoms with E-state index in [1.807, 2.05) is 5.38 Å². The van der Waals surface area contributed by atoms with Gasteiger partial charge in [-0.1, -0.05) is 0 Å². The van der Waals surface area contributed by atoms with Crippen molar-refractivity contribution in [1.29, 1.82) is 0 Å². The number of amides is 1. The van der Waals surface area contributed by atoms with Gasteiger partial charge in [0.1, 0.15) is 0 Å². The molecule has 2 fully saturated rings. The van der Waals surface area contributed by atoms with Crippen LogP contribution in [0.3, 0.4) is 0 Å². The summed E-state index contributed by atoms with van der Waals surface area (Å²) in [4.78, 5) is 14.6. The highest BCUT2D eigenvalue weighted by molar-refractivity contribution is 9.10. The molecular weight excluding hydrogens is 326 g/mol. The molecule has 2 bridgehead atoms. The molecular formula is C10H10BrNO3S2. The Morgan fingerprint density at radius 1 is 1.53 bits per heavy atom. The molecule has 7 heteroatoms. The maximum Gasteiger partial charge on any atom is 0.264 e. The predicted octanol–water partition coefficient (Wildman–Crippen LogP) is 1.52. The van der Waals surface area contributed by atoms with Crippen LogP contribution in [0.2, 0.25) is 0 Å². The second-order valence-electron chi connectivity index (χ2n) is 4.43. The van der Waals surface area contributed by atoms with Crippen LogP contribution < -0.4 is 0 Å². The number of rotatable bonds is 1. The fourth-order valence-electron chi connectivity index (χ4n) is 2.51. The number of halogens is 1. The molecule has 0 aliphatic carbocycles. The van der Waals surface area contributed by atoms with Gasteiger partial charge in [0, 0.05) is 22.4 Å². The van der Waals surface area contributed by atoms with E-state index >= 15 is 0 Å². The maximum absolute atomic E-state index is 12.2. The molecule has 2 atom stereocenters. The number of fused-ring (bicyclic) bond motifs is 2. The molecule has 92 valence electrons. The van der Waals surface area contributed by atoms with Gasteiger partial charge in [0.25, 0.3) is 5.91 Å². The van der Waals surface area contributed by atoms with E-state index in [9.17, 15) is 13.2 Å². The van der Waals surface area contributed by atoms with Crippen molar-refractivity contribution in [2.75, 3.05) is 12.3 Å². The lowest BCUT2D eigenvalue weighted by molar-refractivity contribution is 0.0751. The van der Waals surface area contributed by atoms with Gasteiger partial charge in [-0.25, -0.2) is 8.42 Å². The Balaban J connectivity index is 1.83. The van der Waals surface area contributed by atoms with Gasteiger partial charge in [0.2, 0.25) is 0 Å². The van der Waals surface area contributed by atoms with Crippen molar-refractivity contribution < 1.29 is 13.2 Å². The Morgan fingerprint density at radius 2 is 2.29 bits per heavy atom. The molecule has 1 aromatic heterocycles. The molecule has 1 aromatic rings. The third-order valence-corrected chi connectivity index (χ3v) is 7.23. The number of thiophene rings is 1.